The Hall–Kier alpha value is -4.45. The minimum absolute atomic E-state index is 0.0259. The number of aromatic hydroxyl groups is 1. The topological polar surface area (TPSA) is 132 Å². The highest BCUT2D eigenvalue weighted by molar-refractivity contribution is 6.53. The second kappa shape index (κ2) is 12.1. The molecular weight excluding hydrogens is 705 g/mol. The van der Waals surface area contributed by atoms with Gasteiger partial charge in [-0.05, 0) is 85.0 Å². The molecule has 11 nitrogen and oxygen atoms in total. The Morgan fingerprint density at radius 2 is 1.52 bits per heavy atom. The fraction of sp³-hybridized carbons (Fsp3) is 0.333. The highest BCUT2D eigenvalue weighted by Gasteiger charge is 2.76. The highest BCUT2D eigenvalue weighted by Crippen LogP contribution is 2.65. The number of likely N-dealkylation sites (tertiary alicyclic amines) is 1. The van der Waals surface area contributed by atoms with Gasteiger partial charge in [0.15, 0.2) is 21.2 Å². The van der Waals surface area contributed by atoms with Crippen LogP contribution in [0.15, 0.2) is 82.5 Å². The van der Waals surface area contributed by atoms with Crippen molar-refractivity contribution in [3.63, 3.8) is 0 Å². The quantitative estimate of drug-likeness (QED) is 0.129. The summed E-state index contributed by atoms with van der Waals surface area (Å²) >= 11 is 20.9. The number of carbonyl (C=O) groups is 4. The Kier molecular flexibility index (Phi) is 8.24. The molecule has 0 radical (unpaired) electrons. The van der Waals surface area contributed by atoms with E-state index in [1.807, 2.05) is 49.3 Å². The van der Waals surface area contributed by atoms with E-state index >= 15 is 0 Å². The van der Waals surface area contributed by atoms with E-state index in [0.717, 1.165) is 10.6 Å². The molecule has 7 rings (SSSR count). The number of hydrogen-bond donors (Lipinski definition) is 1. The van der Waals surface area contributed by atoms with Crippen molar-refractivity contribution in [3.8, 4) is 11.5 Å². The number of amides is 4. The second-order valence-electron chi connectivity index (χ2n) is 13.2. The number of rotatable bonds is 6. The van der Waals surface area contributed by atoms with Crippen LogP contribution >= 0.6 is 34.8 Å². The monoisotopic (exact) mass is 735 g/mol. The summed E-state index contributed by atoms with van der Waals surface area (Å²) < 4.78 is 5.34. The largest absolute Gasteiger partial charge is 0.503 e. The first kappa shape index (κ1) is 34.0. The average molecular weight is 737 g/mol. The zero-order valence-corrected chi connectivity index (χ0v) is 29.7. The smallest absolute Gasteiger partial charge is 0.253 e. The molecule has 2 aliphatic heterocycles. The predicted molar refractivity (Wildman–Crippen MR) is 189 cm³/mol. The lowest BCUT2D eigenvalue weighted by Crippen LogP contribution is -2.60. The van der Waals surface area contributed by atoms with Crippen LogP contribution in [0.1, 0.15) is 24.3 Å². The number of alkyl halides is 2. The lowest BCUT2D eigenvalue weighted by molar-refractivity contribution is -0.138. The molecule has 258 valence electrons. The number of nitrogens with zero attached hydrogens (tertiary/aromatic N) is 5. The summed E-state index contributed by atoms with van der Waals surface area (Å²) in [5, 5.41) is 19.0. The molecule has 50 heavy (non-hydrogen) atoms. The van der Waals surface area contributed by atoms with Gasteiger partial charge in [-0.3, -0.25) is 29.0 Å². The number of hydrogen-bond acceptors (Lipinski definition) is 9. The Bertz CT molecular complexity index is 2020. The van der Waals surface area contributed by atoms with E-state index in [4.69, 9.17) is 39.5 Å². The molecule has 6 unspecified atom stereocenters. The van der Waals surface area contributed by atoms with Crippen molar-refractivity contribution in [3.05, 3.63) is 82.9 Å². The van der Waals surface area contributed by atoms with Crippen LogP contribution in [0.2, 0.25) is 5.02 Å². The van der Waals surface area contributed by atoms with Crippen LogP contribution in [0.5, 0.6) is 11.5 Å². The molecular formula is C36H32Cl3N5O6. The first-order valence-electron chi connectivity index (χ1n) is 15.9. The number of imide groups is 2. The number of methoxy groups -OCH3 is 1. The molecule has 14 heteroatoms. The van der Waals surface area contributed by atoms with Crippen molar-refractivity contribution < 1.29 is 29.0 Å². The number of azo groups is 1. The number of fused-ring (bicyclic) bond motifs is 4. The summed E-state index contributed by atoms with van der Waals surface area (Å²) in [7, 11) is 6.56. The molecule has 1 saturated carbocycles. The third kappa shape index (κ3) is 4.85. The maximum Gasteiger partial charge on any atom is 0.253 e. The Balaban J connectivity index is 1.23. The van der Waals surface area contributed by atoms with Gasteiger partial charge in [-0.25, -0.2) is 0 Å². The number of phenols is 1. The van der Waals surface area contributed by atoms with Crippen molar-refractivity contribution in [2.24, 2.45) is 28.0 Å². The molecule has 4 amide bonds. The van der Waals surface area contributed by atoms with Crippen molar-refractivity contribution >= 4 is 81.2 Å². The van der Waals surface area contributed by atoms with E-state index in [2.05, 4.69) is 10.2 Å². The number of phenolic OH excluding ortho intramolecular Hbond substituents is 1. The molecule has 2 heterocycles. The van der Waals surface area contributed by atoms with E-state index in [0.29, 0.717) is 28.2 Å². The SMILES string of the molecule is COc1cc(C2C3=CCC4C(=O)N(c5ccc(N=Nc6ccc(N(C)C)cc6)cc5)C(=O)C4C3CC3(Cl)C(=O)N(C)C(=O)C23Cl)cc(Cl)c1O. The molecule has 0 aromatic heterocycles. The summed E-state index contributed by atoms with van der Waals surface area (Å²) in [4.78, 5) is 55.9. The summed E-state index contributed by atoms with van der Waals surface area (Å²) in [5.74, 6) is -5.89. The van der Waals surface area contributed by atoms with Gasteiger partial charge in [-0.15, -0.1) is 23.2 Å². The zero-order valence-electron chi connectivity index (χ0n) is 27.4. The van der Waals surface area contributed by atoms with E-state index in [1.165, 1.54) is 31.2 Å². The number of carbonyl (C=O) groups excluding carboxylic acids is 4. The van der Waals surface area contributed by atoms with Crippen molar-refractivity contribution in [2.45, 2.75) is 28.5 Å². The second-order valence-corrected chi connectivity index (χ2v) is 14.8. The van der Waals surface area contributed by atoms with Gasteiger partial charge in [0.25, 0.3) is 11.8 Å². The Labute approximate surface area is 303 Å². The highest BCUT2D eigenvalue weighted by atomic mass is 35.5. The molecule has 0 bridgehead atoms. The van der Waals surface area contributed by atoms with Crippen LogP contribution in [0.25, 0.3) is 0 Å². The van der Waals surface area contributed by atoms with Gasteiger partial charge in [-0.2, -0.15) is 10.2 Å². The fourth-order valence-electron chi connectivity index (χ4n) is 7.89. The maximum absolute atomic E-state index is 14.3. The lowest BCUT2D eigenvalue weighted by Gasteiger charge is -2.50. The van der Waals surface area contributed by atoms with Crippen LogP contribution in [0, 0.1) is 17.8 Å². The Morgan fingerprint density at radius 3 is 2.12 bits per heavy atom. The number of allylic oxidation sites excluding steroid dienone is 2. The summed E-state index contributed by atoms with van der Waals surface area (Å²) in [5.41, 5.74) is 3.55. The van der Waals surface area contributed by atoms with Crippen LogP contribution in [-0.2, 0) is 19.2 Å². The minimum atomic E-state index is -2.00. The molecule has 1 N–H and O–H groups in total. The molecule has 2 aliphatic carbocycles. The van der Waals surface area contributed by atoms with Gasteiger partial charge in [0.2, 0.25) is 11.8 Å². The van der Waals surface area contributed by atoms with Gasteiger partial charge in [0.05, 0.1) is 41.0 Å². The molecule has 3 fully saturated rings. The standard InChI is InChI=1S/C36H32Cl3N5O6/c1-42(2)21-9-5-19(6-10-21)40-41-20-7-11-22(12-8-20)44-31(46)24-14-13-23-25(28(24)32(44)47)17-35(38)33(48)43(3)34(49)36(35,39)29(23)18-15-26(37)30(45)27(16-18)50-4/h5-13,15-16,24-25,28-29,45H,14,17H2,1-4H3. The van der Waals surface area contributed by atoms with Gasteiger partial charge >= 0.3 is 0 Å². The van der Waals surface area contributed by atoms with Crippen molar-refractivity contribution in [1.29, 1.82) is 0 Å². The summed E-state index contributed by atoms with van der Waals surface area (Å²) in [6.45, 7) is 0. The number of halogens is 3. The minimum Gasteiger partial charge on any atom is -0.503 e. The van der Waals surface area contributed by atoms with Gasteiger partial charge in [0, 0.05) is 32.7 Å². The van der Waals surface area contributed by atoms with Crippen LogP contribution in [-0.4, -0.2) is 71.6 Å². The van der Waals surface area contributed by atoms with Crippen LogP contribution in [0.3, 0.4) is 0 Å². The van der Waals surface area contributed by atoms with E-state index < -0.39 is 51.1 Å². The first-order chi connectivity index (χ1) is 23.7. The molecule has 3 aromatic carbocycles. The molecule has 0 spiro atoms. The lowest BCUT2D eigenvalue weighted by atomic mass is 9.56. The fourth-order valence-corrected chi connectivity index (χ4v) is 9.13. The van der Waals surface area contributed by atoms with Gasteiger partial charge in [0.1, 0.15) is 0 Å². The van der Waals surface area contributed by atoms with E-state index in [1.54, 1.807) is 24.3 Å². The van der Waals surface area contributed by atoms with E-state index in [9.17, 15) is 24.3 Å². The Morgan fingerprint density at radius 1 is 0.900 bits per heavy atom. The first-order valence-corrected chi connectivity index (χ1v) is 17.0. The number of anilines is 2. The predicted octanol–water partition coefficient (Wildman–Crippen LogP) is 6.73. The van der Waals surface area contributed by atoms with E-state index in [-0.39, 0.29) is 35.3 Å². The average Bonchev–Trinajstić information content (AvgIpc) is 3.43. The van der Waals surface area contributed by atoms with Gasteiger partial charge < -0.3 is 14.7 Å². The maximum atomic E-state index is 14.3. The number of benzene rings is 3. The third-order valence-electron chi connectivity index (χ3n) is 10.4. The van der Waals surface area contributed by atoms with Crippen LogP contribution in [0.4, 0.5) is 22.7 Å². The molecule has 4 aliphatic rings. The van der Waals surface area contributed by atoms with Gasteiger partial charge in [-0.1, -0.05) is 23.3 Å². The van der Waals surface area contributed by atoms with Crippen molar-refractivity contribution in [1.82, 2.24) is 4.90 Å². The zero-order chi connectivity index (χ0) is 35.9. The molecule has 6 atom stereocenters. The molecule has 3 aromatic rings. The third-order valence-corrected chi connectivity index (χ3v) is 12.1. The van der Waals surface area contributed by atoms with Crippen molar-refractivity contribution in [2.75, 3.05) is 38.1 Å². The summed E-state index contributed by atoms with van der Waals surface area (Å²) in [6.07, 6.45) is 1.86. The molecule has 2 saturated heterocycles. The summed E-state index contributed by atoms with van der Waals surface area (Å²) in [6, 6.07) is 17.1. The normalized spacial score (nSPS) is 28.9. The van der Waals surface area contributed by atoms with Crippen LogP contribution < -0.4 is 14.5 Å². The number of ether oxygens (including phenoxy) is 1.